The first-order valence-corrected chi connectivity index (χ1v) is 10.5. The number of likely N-dealkylation sites (tertiary alicyclic amines) is 1. The summed E-state index contributed by atoms with van der Waals surface area (Å²) in [6, 6.07) is 0.00497. The number of hydrogen-bond acceptors (Lipinski definition) is 4. The van der Waals surface area contributed by atoms with E-state index >= 15 is 0 Å². The minimum Gasteiger partial charge on any atom is -0.342 e. The number of carbonyl (C=O) groups excluding carboxylic acids is 1. The molecular weight excluding hydrogens is 314 g/mol. The van der Waals surface area contributed by atoms with Gasteiger partial charge in [0.1, 0.15) is 5.75 Å². The molecule has 0 aromatic rings. The largest absolute Gasteiger partial charge is 0.342 e. The number of nitrogens with zero attached hydrogens (tertiary/aromatic N) is 1. The Bertz CT molecular complexity index is 479. The van der Waals surface area contributed by atoms with Gasteiger partial charge in [-0.1, -0.05) is 6.92 Å². The molecule has 0 aromatic carbocycles. The molecule has 2 N–H and O–H groups in total. The number of carbonyl (C=O) groups is 1. The first kappa shape index (κ1) is 18.7. The lowest BCUT2D eigenvalue weighted by molar-refractivity contribution is -0.129. The molecule has 2 fully saturated rings. The van der Waals surface area contributed by atoms with E-state index in [1.165, 1.54) is 0 Å². The first-order valence-electron chi connectivity index (χ1n) is 8.82. The fraction of sp³-hybridized carbons (Fsp3) is 0.938. The second kappa shape index (κ2) is 8.44. The maximum Gasteiger partial charge on any atom is 0.239 e. The summed E-state index contributed by atoms with van der Waals surface area (Å²) in [5.41, 5.74) is 0. The van der Waals surface area contributed by atoms with Gasteiger partial charge in [0.05, 0.1) is 0 Å². The van der Waals surface area contributed by atoms with Gasteiger partial charge in [-0.25, -0.2) is 13.1 Å². The van der Waals surface area contributed by atoms with Gasteiger partial charge in [-0.3, -0.25) is 4.79 Å². The average molecular weight is 346 g/mol. The standard InChI is InChI=1S/C16H31N3O3S/c1-13-3-5-15(6-4-13)18-23(21,22)12-16(20)19-9-7-14(8-10-19)11-17-2/h13-15,17-18H,3-12H2,1-2H3. The Kier molecular flexibility index (Phi) is 6.85. The Morgan fingerprint density at radius 1 is 1.09 bits per heavy atom. The van der Waals surface area contributed by atoms with E-state index in [2.05, 4.69) is 17.0 Å². The van der Waals surface area contributed by atoms with Gasteiger partial charge in [0.2, 0.25) is 15.9 Å². The van der Waals surface area contributed by atoms with Gasteiger partial charge < -0.3 is 10.2 Å². The molecule has 0 aromatic heterocycles. The van der Waals surface area contributed by atoms with Crippen molar-refractivity contribution >= 4 is 15.9 Å². The Labute approximate surface area is 140 Å². The second-order valence-electron chi connectivity index (χ2n) is 7.22. The molecule has 2 rings (SSSR count). The molecule has 1 heterocycles. The van der Waals surface area contributed by atoms with Crippen LogP contribution in [0, 0.1) is 11.8 Å². The highest BCUT2D eigenvalue weighted by molar-refractivity contribution is 7.90. The molecule has 0 spiro atoms. The summed E-state index contributed by atoms with van der Waals surface area (Å²) in [5.74, 6) is 0.597. The second-order valence-corrected chi connectivity index (χ2v) is 8.97. The van der Waals surface area contributed by atoms with Gasteiger partial charge >= 0.3 is 0 Å². The minimum atomic E-state index is -3.52. The average Bonchev–Trinajstić information content (AvgIpc) is 2.50. The quantitative estimate of drug-likeness (QED) is 0.751. The molecule has 2 aliphatic rings. The number of piperidine rings is 1. The van der Waals surface area contributed by atoms with Crippen LogP contribution in [-0.4, -0.2) is 57.7 Å². The Hall–Kier alpha value is -0.660. The highest BCUT2D eigenvalue weighted by atomic mass is 32.2. The van der Waals surface area contributed by atoms with Gasteiger partial charge in [-0.05, 0) is 64.0 Å². The fourth-order valence-electron chi connectivity index (χ4n) is 3.60. The molecule has 1 saturated heterocycles. The highest BCUT2D eigenvalue weighted by Gasteiger charge is 2.28. The number of nitrogens with one attached hydrogen (secondary N) is 2. The lowest BCUT2D eigenvalue weighted by Crippen LogP contribution is -2.46. The summed E-state index contributed by atoms with van der Waals surface area (Å²) in [6.45, 7) is 4.50. The maximum atomic E-state index is 12.3. The summed E-state index contributed by atoms with van der Waals surface area (Å²) in [5, 5.41) is 3.16. The third kappa shape index (κ3) is 6.04. The summed E-state index contributed by atoms with van der Waals surface area (Å²) < 4.78 is 27.2. The maximum absolute atomic E-state index is 12.3. The molecule has 23 heavy (non-hydrogen) atoms. The van der Waals surface area contributed by atoms with E-state index in [1.54, 1.807) is 4.90 Å². The molecule has 0 radical (unpaired) electrons. The van der Waals surface area contributed by atoms with Crippen LogP contribution in [0.2, 0.25) is 0 Å². The van der Waals surface area contributed by atoms with Crippen LogP contribution in [0.15, 0.2) is 0 Å². The monoisotopic (exact) mass is 345 g/mol. The van der Waals surface area contributed by atoms with Gasteiger partial charge in [0.25, 0.3) is 0 Å². The Morgan fingerprint density at radius 3 is 2.26 bits per heavy atom. The zero-order chi connectivity index (χ0) is 16.9. The normalized spacial score (nSPS) is 27.1. The van der Waals surface area contributed by atoms with Crippen LogP contribution >= 0.6 is 0 Å². The van der Waals surface area contributed by atoms with E-state index in [1.807, 2.05) is 7.05 Å². The summed E-state index contributed by atoms with van der Waals surface area (Å²) in [4.78, 5) is 14.0. The third-order valence-electron chi connectivity index (χ3n) is 5.14. The van der Waals surface area contributed by atoms with Crippen LogP contribution in [0.4, 0.5) is 0 Å². The van der Waals surface area contributed by atoms with Crippen LogP contribution in [0.25, 0.3) is 0 Å². The van der Waals surface area contributed by atoms with E-state index in [4.69, 9.17) is 0 Å². The molecular formula is C16H31N3O3S. The Morgan fingerprint density at radius 2 is 1.70 bits per heavy atom. The predicted molar refractivity (Wildman–Crippen MR) is 91.6 cm³/mol. The lowest BCUT2D eigenvalue weighted by atomic mass is 9.88. The fourth-order valence-corrected chi connectivity index (χ4v) is 4.94. The van der Waals surface area contributed by atoms with E-state index in [-0.39, 0.29) is 11.9 Å². The van der Waals surface area contributed by atoms with Crippen LogP contribution in [0.5, 0.6) is 0 Å². The van der Waals surface area contributed by atoms with Crippen molar-refractivity contribution in [1.29, 1.82) is 0 Å². The van der Waals surface area contributed by atoms with Crippen LogP contribution in [0.3, 0.4) is 0 Å². The van der Waals surface area contributed by atoms with Crippen molar-refractivity contribution in [2.75, 3.05) is 32.4 Å². The van der Waals surface area contributed by atoms with E-state index in [0.717, 1.165) is 45.1 Å². The highest BCUT2D eigenvalue weighted by Crippen LogP contribution is 2.24. The number of rotatable bonds is 6. The molecule has 1 aliphatic heterocycles. The van der Waals surface area contributed by atoms with Crippen molar-refractivity contribution in [2.24, 2.45) is 11.8 Å². The first-order chi connectivity index (χ1) is 10.9. The van der Waals surface area contributed by atoms with Gasteiger partial charge in [-0.2, -0.15) is 0 Å². The molecule has 134 valence electrons. The SMILES string of the molecule is CNCC1CCN(C(=O)CS(=O)(=O)NC2CCC(C)CC2)CC1. The molecule has 7 heteroatoms. The van der Waals surface area contributed by atoms with Crippen LogP contribution in [0.1, 0.15) is 45.4 Å². The predicted octanol–water partition coefficient (Wildman–Crippen LogP) is 0.943. The zero-order valence-electron chi connectivity index (χ0n) is 14.4. The lowest BCUT2D eigenvalue weighted by Gasteiger charge is -2.32. The molecule has 0 bridgehead atoms. The van der Waals surface area contributed by atoms with Crippen molar-refractivity contribution in [3.63, 3.8) is 0 Å². The summed E-state index contributed by atoms with van der Waals surface area (Å²) in [6.07, 6.45) is 5.76. The minimum absolute atomic E-state index is 0.00497. The van der Waals surface area contributed by atoms with Gasteiger partial charge in [0, 0.05) is 19.1 Å². The van der Waals surface area contributed by atoms with Crippen molar-refractivity contribution in [2.45, 2.75) is 51.5 Å². The van der Waals surface area contributed by atoms with E-state index in [0.29, 0.717) is 24.9 Å². The topological polar surface area (TPSA) is 78.5 Å². The van der Waals surface area contributed by atoms with Gasteiger partial charge in [-0.15, -0.1) is 0 Å². The van der Waals surface area contributed by atoms with Crippen LogP contribution < -0.4 is 10.0 Å². The molecule has 1 saturated carbocycles. The van der Waals surface area contributed by atoms with E-state index in [9.17, 15) is 13.2 Å². The van der Waals surface area contributed by atoms with E-state index < -0.39 is 15.8 Å². The van der Waals surface area contributed by atoms with Gasteiger partial charge in [0.15, 0.2) is 0 Å². The molecule has 6 nitrogen and oxygen atoms in total. The Balaban J connectivity index is 1.77. The smallest absolute Gasteiger partial charge is 0.239 e. The van der Waals surface area contributed by atoms with Crippen molar-refractivity contribution in [3.8, 4) is 0 Å². The summed E-state index contributed by atoms with van der Waals surface area (Å²) >= 11 is 0. The number of amides is 1. The number of sulfonamides is 1. The molecule has 1 aliphatic carbocycles. The zero-order valence-corrected chi connectivity index (χ0v) is 15.2. The summed E-state index contributed by atoms with van der Waals surface area (Å²) in [7, 11) is -1.59. The molecule has 0 unspecified atom stereocenters. The third-order valence-corrected chi connectivity index (χ3v) is 6.46. The molecule has 1 amide bonds. The molecule has 0 atom stereocenters. The van der Waals surface area contributed by atoms with Crippen molar-refractivity contribution in [1.82, 2.24) is 14.9 Å². The number of hydrogen-bond donors (Lipinski definition) is 2. The van der Waals surface area contributed by atoms with Crippen molar-refractivity contribution in [3.05, 3.63) is 0 Å². The van der Waals surface area contributed by atoms with Crippen LogP contribution in [-0.2, 0) is 14.8 Å². The van der Waals surface area contributed by atoms with Crippen molar-refractivity contribution < 1.29 is 13.2 Å².